The maximum atomic E-state index is 12.6. The maximum absolute atomic E-state index is 12.6. The van der Waals surface area contributed by atoms with Crippen molar-refractivity contribution in [2.75, 3.05) is 0 Å². The van der Waals surface area contributed by atoms with Crippen molar-refractivity contribution in [3.8, 4) is 0 Å². The Hall–Kier alpha value is -0.970. The van der Waals surface area contributed by atoms with Crippen LogP contribution in [0, 0.1) is 5.92 Å². The lowest BCUT2D eigenvalue weighted by Gasteiger charge is -2.30. The smallest absolute Gasteiger partial charge is 0.351 e. The minimum absolute atomic E-state index is 0.221. The summed E-state index contributed by atoms with van der Waals surface area (Å²) in [6, 6.07) is 4.28. The van der Waals surface area contributed by atoms with Gasteiger partial charge in [0.15, 0.2) is 0 Å². The fourth-order valence-corrected chi connectivity index (χ4v) is 2.79. The lowest BCUT2D eigenvalue weighted by molar-refractivity contribution is -0.182. The highest BCUT2D eigenvalue weighted by molar-refractivity contribution is 5.07. The minimum atomic E-state index is -4.01. The molecule has 19 heavy (non-hydrogen) atoms. The summed E-state index contributed by atoms with van der Waals surface area (Å²) in [4.78, 5) is 0. The second-order valence-electron chi connectivity index (χ2n) is 5.26. The van der Waals surface area contributed by atoms with Gasteiger partial charge in [-0.15, -0.1) is 0 Å². The molecule has 0 amide bonds. The predicted molar refractivity (Wildman–Crippen MR) is 68.7 cm³/mol. The summed E-state index contributed by atoms with van der Waals surface area (Å²) in [5, 5.41) is 3.38. The van der Waals surface area contributed by atoms with Gasteiger partial charge in [-0.1, -0.05) is 0 Å². The van der Waals surface area contributed by atoms with Crippen LogP contribution in [0.3, 0.4) is 0 Å². The average Bonchev–Trinajstić information content (AvgIpc) is 2.83. The molecule has 0 unspecified atom stereocenters. The molecule has 5 heteroatoms. The molecule has 1 N–H and O–H groups in total. The van der Waals surface area contributed by atoms with Crippen LogP contribution in [0.25, 0.3) is 0 Å². The van der Waals surface area contributed by atoms with E-state index in [-0.39, 0.29) is 18.9 Å². The summed E-state index contributed by atoms with van der Waals surface area (Å²) >= 11 is 0. The van der Waals surface area contributed by atoms with E-state index in [1.165, 1.54) is 5.69 Å². The molecule has 0 radical (unpaired) electrons. The fraction of sp³-hybridized carbons (Fsp3) is 0.714. The Morgan fingerprint density at radius 2 is 1.95 bits per heavy atom. The molecule has 2 nitrogen and oxygen atoms in total. The zero-order valence-corrected chi connectivity index (χ0v) is 11.2. The van der Waals surface area contributed by atoms with Crippen molar-refractivity contribution in [2.45, 2.75) is 57.9 Å². The van der Waals surface area contributed by atoms with Gasteiger partial charge in [0.2, 0.25) is 0 Å². The number of nitrogens with one attached hydrogen (secondary N) is 1. The number of hydrogen-bond donors (Lipinski definition) is 1. The molecule has 1 fully saturated rings. The molecule has 1 saturated carbocycles. The van der Waals surface area contributed by atoms with Gasteiger partial charge in [0.05, 0.1) is 5.92 Å². The van der Waals surface area contributed by atoms with Crippen LogP contribution in [-0.2, 0) is 13.1 Å². The van der Waals surface area contributed by atoms with Gasteiger partial charge in [0, 0.05) is 31.0 Å². The van der Waals surface area contributed by atoms with E-state index in [9.17, 15) is 13.2 Å². The van der Waals surface area contributed by atoms with Gasteiger partial charge in [0.1, 0.15) is 0 Å². The van der Waals surface area contributed by atoms with Gasteiger partial charge in [-0.3, -0.25) is 0 Å². The first kappa shape index (κ1) is 14.4. The van der Waals surface area contributed by atoms with Crippen LogP contribution < -0.4 is 5.32 Å². The van der Waals surface area contributed by atoms with Crippen molar-refractivity contribution in [3.05, 3.63) is 24.0 Å². The molecule has 1 aliphatic carbocycles. The number of hydrogen-bond acceptors (Lipinski definition) is 1. The predicted octanol–water partition coefficient (Wildman–Crippen LogP) is 3.72. The fourth-order valence-electron chi connectivity index (χ4n) is 2.79. The summed E-state index contributed by atoms with van der Waals surface area (Å²) in [5.41, 5.74) is 1.19. The monoisotopic (exact) mass is 274 g/mol. The van der Waals surface area contributed by atoms with Crippen molar-refractivity contribution < 1.29 is 13.2 Å². The number of aromatic nitrogens is 1. The van der Waals surface area contributed by atoms with E-state index in [1.807, 2.05) is 12.3 Å². The van der Waals surface area contributed by atoms with Gasteiger partial charge in [0.25, 0.3) is 0 Å². The average molecular weight is 274 g/mol. The number of nitrogens with zero attached hydrogens (tertiary/aromatic N) is 1. The Kier molecular flexibility index (Phi) is 4.55. The van der Waals surface area contributed by atoms with E-state index in [1.54, 1.807) is 0 Å². The molecule has 1 aliphatic rings. The van der Waals surface area contributed by atoms with Crippen molar-refractivity contribution >= 4 is 0 Å². The van der Waals surface area contributed by atoms with Crippen LogP contribution in [0.1, 0.15) is 38.3 Å². The summed E-state index contributed by atoms with van der Waals surface area (Å²) in [7, 11) is 0. The Labute approximate surface area is 112 Å². The molecule has 1 aromatic rings. The van der Waals surface area contributed by atoms with Crippen LogP contribution in [0.4, 0.5) is 13.2 Å². The van der Waals surface area contributed by atoms with E-state index in [4.69, 9.17) is 0 Å². The van der Waals surface area contributed by atoms with E-state index >= 15 is 0 Å². The second kappa shape index (κ2) is 5.99. The van der Waals surface area contributed by atoms with E-state index in [2.05, 4.69) is 22.9 Å². The minimum Gasteiger partial charge on any atom is -0.351 e. The summed E-state index contributed by atoms with van der Waals surface area (Å²) < 4.78 is 39.8. The summed E-state index contributed by atoms with van der Waals surface area (Å²) in [5.74, 6) is -1.09. The van der Waals surface area contributed by atoms with Gasteiger partial charge < -0.3 is 9.88 Å². The highest BCUT2D eigenvalue weighted by Crippen LogP contribution is 2.37. The van der Waals surface area contributed by atoms with E-state index in [0.717, 1.165) is 13.1 Å². The van der Waals surface area contributed by atoms with Crippen molar-refractivity contribution in [2.24, 2.45) is 5.92 Å². The zero-order valence-electron chi connectivity index (χ0n) is 11.2. The Balaban J connectivity index is 1.77. The molecular weight excluding hydrogens is 253 g/mol. The lowest BCUT2D eigenvalue weighted by Crippen LogP contribution is -2.36. The molecule has 0 aliphatic heterocycles. The topological polar surface area (TPSA) is 17.0 Å². The molecule has 1 heterocycles. The largest absolute Gasteiger partial charge is 0.391 e. The number of rotatable bonds is 4. The summed E-state index contributed by atoms with van der Waals surface area (Å²) in [6.07, 6.45) is -0.223. The van der Waals surface area contributed by atoms with Crippen LogP contribution in [0.5, 0.6) is 0 Å². The van der Waals surface area contributed by atoms with Crippen molar-refractivity contribution in [1.82, 2.24) is 9.88 Å². The first-order valence-corrected chi connectivity index (χ1v) is 6.94. The third-order valence-electron chi connectivity index (χ3n) is 4.03. The quantitative estimate of drug-likeness (QED) is 0.885. The molecule has 0 bridgehead atoms. The Morgan fingerprint density at radius 1 is 1.26 bits per heavy atom. The van der Waals surface area contributed by atoms with Gasteiger partial charge in [-0.05, 0) is 44.7 Å². The van der Waals surface area contributed by atoms with E-state index in [0.29, 0.717) is 12.8 Å². The third-order valence-corrected chi connectivity index (χ3v) is 4.03. The Morgan fingerprint density at radius 3 is 2.53 bits per heavy atom. The number of alkyl halides is 3. The van der Waals surface area contributed by atoms with Crippen LogP contribution in [-0.4, -0.2) is 16.8 Å². The normalized spacial score (nSPS) is 24.6. The first-order valence-electron chi connectivity index (χ1n) is 6.94. The molecule has 0 aromatic carbocycles. The number of halogens is 3. The highest BCUT2D eigenvalue weighted by atomic mass is 19.4. The van der Waals surface area contributed by atoms with Gasteiger partial charge >= 0.3 is 6.18 Å². The maximum Gasteiger partial charge on any atom is 0.391 e. The van der Waals surface area contributed by atoms with Crippen LogP contribution in [0.2, 0.25) is 0 Å². The van der Waals surface area contributed by atoms with Gasteiger partial charge in [-0.25, -0.2) is 0 Å². The lowest BCUT2D eigenvalue weighted by atomic mass is 9.85. The Bertz CT molecular complexity index is 390. The van der Waals surface area contributed by atoms with Crippen LogP contribution >= 0.6 is 0 Å². The second-order valence-corrected chi connectivity index (χ2v) is 5.26. The highest BCUT2D eigenvalue weighted by Gasteiger charge is 2.41. The standard InChI is InChI=1S/C14H21F3N2/c1-2-19-9-3-4-13(19)10-18-12-7-5-11(6-8-12)14(15,16)17/h3-4,9,11-12,18H,2,5-8,10H2,1H3. The summed E-state index contributed by atoms with van der Waals surface area (Å²) in [6.45, 7) is 3.74. The van der Waals surface area contributed by atoms with Crippen molar-refractivity contribution in [3.63, 3.8) is 0 Å². The number of aryl methyl sites for hydroxylation is 1. The third kappa shape index (κ3) is 3.75. The molecule has 0 spiro atoms. The SMILES string of the molecule is CCn1cccc1CNC1CCC(C(F)(F)F)CC1. The van der Waals surface area contributed by atoms with Crippen LogP contribution in [0.15, 0.2) is 18.3 Å². The molecule has 0 atom stereocenters. The molecule has 2 rings (SSSR count). The van der Waals surface area contributed by atoms with E-state index < -0.39 is 12.1 Å². The molecule has 0 saturated heterocycles. The first-order chi connectivity index (χ1) is 9.00. The molecule has 1 aromatic heterocycles. The zero-order chi connectivity index (χ0) is 13.9. The van der Waals surface area contributed by atoms with Gasteiger partial charge in [-0.2, -0.15) is 13.2 Å². The molecular formula is C14H21F3N2. The van der Waals surface area contributed by atoms with Crippen molar-refractivity contribution in [1.29, 1.82) is 0 Å². The molecule has 108 valence electrons.